The average Bonchev–Trinajstić information content (AvgIpc) is 2.15. The largest absolute Gasteiger partial charge is 0.328 e. The second kappa shape index (κ2) is 6.36. The maximum absolute atomic E-state index is 12.0. The Morgan fingerprint density at radius 1 is 1.12 bits per heavy atom. The molecule has 0 amide bonds. The van der Waals surface area contributed by atoms with Gasteiger partial charge in [-0.1, -0.05) is 19.3 Å². The molecule has 17 heavy (non-hydrogen) atoms. The molecule has 0 aromatic heterocycles. The van der Waals surface area contributed by atoms with E-state index < -0.39 is 10.0 Å². The van der Waals surface area contributed by atoms with Gasteiger partial charge in [0.05, 0.1) is 5.75 Å². The highest BCUT2D eigenvalue weighted by atomic mass is 35.5. The summed E-state index contributed by atoms with van der Waals surface area (Å²) in [6, 6.07) is 0.193. The third kappa shape index (κ3) is 4.09. The fourth-order valence-corrected chi connectivity index (χ4v) is 4.04. The van der Waals surface area contributed by atoms with Crippen molar-refractivity contribution in [2.75, 3.05) is 18.8 Å². The van der Waals surface area contributed by atoms with E-state index in [0.29, 0.717) is 24.8 Å². The van der Waals surface area contributed by atoms with Crippen LogP contribution in [0.15, 0.2) is 0 Å². The Morgan fingerprint density at radius 2 is 1.71 bits per heavy atom. The summed E-state index contributed by atoms with van der Waals surface area (Å²) in [5.74, 6) is 1.01. The van der Waals surface area contributed by atoms with Gasteiger partial charge in [-0.3, -0.25) is 0 Å². The number of nitrogens with two attached hydrogens (primary N) is 1. The molecule has 6 heteroatoms. The van der Waals surface area contributed by atoms with Gasteiger partial charge in [0.1, 0.15) is 0 Å². The average molecular weight is 283 g/mol. The van der Waals surface area contributed by atoms with Gasteiger partial charge in [0.15, 0.2) is 0 Å². The maximum Gasteiger partial charge on any atom is 0.214 e. The first-order valence-electron chi connectivity index (χ1n) is 6.31. The molecule has 2 N–H and O–H groups in total. The van der Waals surface area contributed by atoms with E-state index in [1.165, 1.54) is 19.3 Å². The van der Waals surface area contributed by atoms with Crippen LogP contribution >= 0.6 is 12.4 Å². The molecule has 0 aromatic rings. The standard InChI is InChI=1S/C11H22N2O2S.ClH/c12-11-4-7-13(8-5-11)16(14,15)9-6-10-2-1-3-10;/h10-11H,1-9,12H2;1H. The summed E-state index contributed by atoms with van der Waals surface area (Å²) < 4.78 is 25.7. The Balaban J connectivity index is 0.00000144. The van der Waals surface area contributed by atoms with E-state index >= 15 is 0 Å². The Morgan fingerprint density at radius 3 is 2.18 bits per heavy atom. The molecule has 0 aromatic carbocycles. The van der Waals surface area contributed by atoms with Crippen LogP contribution in [-0.4, -0.2) is 37.6 Å². The summed E-state index contributed by atoms with van der Waals surface area (Å²) in [5, 5.41) is 0. The predicted molar refractivity (Wildman–Crippen MR) is 71.8 cm³/mol. The minimum atomic E-state index is -3.00. The zero-order valence-electron chi connectivity index (χ0n) is 10.2. The van der Waals surface area contributed by atoms with E-state index in [2.05, 4.69) is 0 Å². The van der Waals surface area contributed by atoms with Crippen LogP contribution in [0.3, 0.4) is 0 Å². The normalized spacial score (nSPS) is 24.1. The molecule has 1 aliphatic heterocycles. The topological polar surface area (TPSA) is 63.4 Å². The molecule has 0 radical (unpaired) electrons. The van der Waals surface area contributed by atoms with Crippen molar-refractivity contribution in [3.63, 3.8) is 0 Å². The second-order valence-corrected chi connectivity index (χ2v) is 7.23. The first-order valence-corrected chi connectivity index (χ1v) is 7.92. The summed E-state index contributed by atoms with van der Waals surface area (Å²) in [4.78, 5) is 0. The van der Waals surface area contributed by atoms with Crippen molar-refractivity contribution in [3.05, 3.63) is 0 Å². The monoisotopic (exact) mass is 282 g/mol. The van der Waals surface area contributed by atoms with Gasteiger partial charge >= 0.3 is 0 Å². The molecule has 4 nitrogen and oxygen atoms in total. The summed E-state index contributed by atoms with van der Waals surface area (Å²) >= 11 is 0. The van der Waals surface area contributed by atoms with Crippen LogP contribution in [0.4, 0.5) is 0 Å². The van der Waals surface area contributed by atoms with Crippen LogP contribution < -0.4 is 5.73 Å². The molecule has 0 unspecified atom stereocenters. The first-order chi connectivity index (χ1) is 7.58. The lowest BCUT2D eigenvalue weighted by molar-refractivity contribution is 0.297. The quantitative estimate of drug-likeness (QED) is 0.847. The van der Waals surface area contributed by atoms with Crippen molar-refractivity contribution < 1.29 is 8.42 Å². The highest BCUT2D eigenvalue weighted by Gasteiger charge is 2.28. The number of piperidine rings is 1. The summed E-state index contributed by atoms with van der Waals surface area (Å²) in [5.41, 5.74) is 5.77. The van der Waals surface area contributed by atoms with Gasteiger partial charge in [-0.05, 0) is 25.2 Å². The van der Waals surface area contributed by atoms with Crippen LogP contribution in [0.25, 0.3) is 0 Å². The minimum absolute atomic E-state index is 0. The van der Waals surface area contributed by atoms with Crippen molar-refractivity contribution in [1.29, 1.82) is 0 Å². The van der Waals surface area contributed by atoms with Crippen LogP contribution in [-0.2, 0) is 10.0 Å². The van der Waals surface area contributed by atoms with E-state index in [1.807, 2.05) is 0 Å². The lowest BCUT2D eigenvalue weighted by atomic mass is 9.84. The van der Waals surface area contributed by atoms with Gasteiger partial charge in [-0.2, -0.15) is 0 Å². The maximum atomic E-state index is 12.0. The second-order valence-electron chi connectivity index (χ2n) is 5.14. The van der Waals surface area contributed by atoms with E-state index in [1.54, 1.807) is 4.31 Å². The smallest absolute Gasteiger partial charge is 0.214 e. The summed E-state index contributed by atoms with van der Waals surface area (Å²) in [6.07, 6.45) is 6.19. The Kier molecular flexibility index (Phi) is 5.70. The van der Waals surface area contributed by atoms with Crippen molar-refractivity contribution >= 4 is 22.4 Å². The molecule has 2 rings (SSSR count). The van der Waals surface area contributed by atoms with E-state index in [4.69, 9.17) is 5.73 Å². The van der Waals surface area contributed by atoms with Gasteiger partial charge in [-0.15, -0.1) is 12.4 Å². The number of sulfonamides is 1. The lowest BCUT2D eigenvalue weighted by Crippen LogP contribution is -2.43. The van der Waals surface area contributed by atoms with Gasteiger partial charge in [0.25, 0.3) is 0 Å². The predicted octanol–water partition coefficient (Wildman–Crippen LogP) is 1.35. The molecule has 1 heterocycles. The summed E-state index contributed by atoms with van der Waals surface area (Å²) in [7, 11) is -3.00. The molecule has 2 aliphatic rings. The van der Waals surface area contributed by atoms with E-state index in [9.17, 15) is 8.42 Å². The van der Waals surface area contributed by atoms with Crippen LogP contribution in [0.1, 0.15) is 38.5 Å². The third-order valence-corrected chi connectivity index (χ3v) is 5.80. The number of hydrogen-bond acceptors (Lipinski definition) is 3. The molecule has 1 aliphatic carbocycles. The molecule has 0 spiro atoms. The third-order valence-electron chi connectivity index (χ3n) is 3.90. The van der Waals surface area contributed by atoms with Gasteiger partial charge in [0, 0.05) is 19.1 Å². The molecule has 0 bridgehead atoms. The van der Waals surface area contributed by atoms with Gasteiger partial charge < -0.3 is 5.73 Å². The Bertz CT molecular complexity index is 322. The molecule has 1 saturated heterocycles. The molecule has 2 fully saturated rings. The van der Waals surface area contributed by atoms with Crippen molar-refractivity contribution in [1.82, 2.24) is 4.31 Å². The summed E-state index contributed by atoms with van der Waals surface area (Å²) in [6.45, 7) is 1.24. The molecular weight excluding hydrogens is 260 g/mol. The SMILES string of the molecule is Cl.NC1CCN(S(=O)(=O)CCC2CCC2)CC1. The van der Waals surface area contributed by atoms with Crippen molar-refractivity contribution in [3.8, 4) is 0 Å². The number of rotatable bonds is 4. The number of hydrogen-bond donors (Lipinski definition) is 1. The zero-order valence-corrected chi connectivity index (χ0v) is 11.8. The molecular formula is C11H23ClN2O2S. The highest BCUT2D eigenvalue weighted by molar-refractivity contribution is 7.89. The van der Waals surface area contributed by atoms with Crippen LogP contribution in [0, 0.1) is 5.92 Å². The Labute approximate surface area is 110 Å². The molecule has 102 valence electrons. The van der Waals surface area contributed by atoms with Crippen molar-refractivity contribution in [2.24, 2.45) is 11.7 Å². The lowest BCUT2D eigenvalue weighted by Gasteiger charge is -2.31. The van der Waals surface area contributed by atoms with Crippen LogP contribution in [0.2, 0.25) is 0 Å². The van der Waals surface area contributed by atoms with Crippen LogP contribution in [0.5, 0.6) is 0 Å². The van der Waals surface area contributed by atoms with Gasteiger partial charge in [0.2, 0.25) is 10.0 Å². The van der Waals surface area contributed by atoms with Gasteiger partial charge in [-0.25, -0.2) is 12.7 Å². The molecule has 1 saturated carbocycles. The fourth-order valence-electron chi connectivity index (χ4n) is 2.38. The van der Waals surface area contributed by atoms with E-state index in [0.717, 1.165) is 19.3 Å². The van der Waals surface area contributed by atoms with Crippen molar-refractivity contribution in [2.45, 2.75) is 44.6 Å². The highest BCUT2D eigenvalue weighted by Crippen LogP contribution is 2.30. The molecule has 0 atom stereocenters. The minimum Gasteiger partial charge on any atom is -0.328 e. The first kappa shape index (κ1) is 15.2. The zero-order chi connectivity index (χ0) is 11.6. The van der Waals surface area contributed by atoms with E-state index in [-0.39, 0.29) is 18.4 Å². The number of halogens is 1. The Hall–Kier alpha value is 0.160. The fraction of sp³-hybridized carbons (Fsp3) is 1.00. The number of nitrogens with zero attached hydrogens (tertiary/aromatic N) is 1.